The molecule has 0 N–H and O–H groups in total. The van der Waals surface area contributed by atoms with Crippen LogP contribution in [0.25, 0.3) is 0 Å². The van der Waals surface area contributed by atoms with Crippen LogP contribution in [-0.4, -0.2) is 162 Å². The van der Waals surface area contributed by atoms with Crippen LogP contribution in [0.2, 0.25) is 0 Å². The second-order valence-corrected chi connectivity index (χ2v) is 11.6. The van der Waals surface area contributed by atoms with Crippen molar-refractivity contribution < 1.29 is 61.6 Å². The number of hydrogen-bond donors (Lipinski definition) is 0. The highest BCUT2D eigenvalue weighted by Gasteiger charge is 2.03. The van der Waals surface area contributed by atoms with E-state index in [1.165, 1.54) is 32.1 Å². The first kappa shape index (κ1) is 47.8. The quantitative estimate of drug-likeness (QED) is 0.0377. The molecule has 0 saturated carbocycles. The molecule has 0 aliphatic rings. The van der Waals surface area contributed by atoms with Crippen molar-refractivity contribution in [2.75, 3.05) is 156 Å². The Hall–Kier alpha value is -0.240. The van der Waals surface area contributed by atoms with E-state index in [0.29, 0.717) is 145 Å². The Morgan fingerprint density at radius 1 is 0.354 bits per heavy atom. The van der Waals surface area contributed by atoms with Gasteiger partial charge in [-0.05, 0) is 6.42 Å². The summed E-state index contributed by atoms with van der Waals surface area (Å²) in [7, 11) is 0. The minimum absolute atomic E-state index is 0.140. The summed E-state index contributed by atoms with van der Waals surface area (Å²) >= 11 is 2.28. The fraction of sp³-hybridized carbons (Fsp3) is 0.971. The van der Waals surface area contributed by atoms with E-state index in [2.05, 4.69) is 29.5 Å². The third kappa shape index (κ3) is 43.8. The maximum absolute atomic E-state index is 11.7. The second kappa shape index (κ2) is 44.8. The first-order valence-corrected chi connectivity index (χ1v) is 19.4. The standard InChI is InChI=1S/C34H67IO13/c1-2-3-4-5-6-7-8-9-34(36)48-33-32-47-31-30-46-29-28-45-27-26-44-25-24-43-23-22-42-21-20-41-19-18-40-17-16-39-15-14-38-13-12-37-11-10-35/h2-33H2,1H3. The summed E-state index contributed by atoms with van der Waals surface area (Å²) in [6.45, 7) is 14.0. The number of unbranched alkanes of at least 4 members (excludes halogenated alkanes) is 6. The first-order chi connectivity index (χ1) is 23.8. The van der Waals surface area contributed by atoms with Crippen LogP contribution < -0.4 is 0 Å². The van der Waals surface area contributed by atoms with Gasteiger partial charge in [0.25, 0.3) is 0 Å². The Balaban J connectivity index is 3.09. The second-order valence-electron chi connectivity index (χ2n) is 10.5. The predicted octanol–water partition coefficient (Wildman–Crippen LogP) is 4.29. The molecule has 0 saturated heterocycles. The fourth-order valence-corrected chi connectivity index (χ4v) is 4.18. The monoisotopic (exact) mass is 810 g/mol. The van der Waals surface area contributed by atoms with E-state index in [1.807, 2.05) is 0 Å². The molecule has 0 rings (SSSR count). The molecule has 288 valence electrons. The number of esters is 1. The van der Waals surface area contributed by atoms with Gasteiger partial charge in [0.05, 0.1) is 145 Å². The zero-order valence-electron chi connectivity index (χ0n) is 29.8. The molecule has 0 heterocycles. The minimum Gasteiger partial charge on any atom is -0.463 e. The highest BCUT2D eigenvalue weighted by molar-refractivity contribution is 14.1. The van der Waals surface area contributed by atoms with E-state index in [4.69, 9.17) is 56.8 Å². The molecule has 0 aromatic heterocycles. The van der Waals surface area contributed by atoms with Gasteiger partial charge in [0.2, 0.25) is 0 Å². The molecule has 48 heavy (non-hydrogen) atoms. The van der Waals surface area contributed by atoms with Crippen LogP contribution in [0.3, 0.4) is 0 Å². The van der Waals surface area contributed by atoms with E-state index in [0.717, 1.165) is 23.9 Å². The van der Waals surface area contributed by atoms with Gasteiger partial charge < -0.3 is 56.8 Å². The number of carbonyl (C=O) groups excluding carboxylic acids is 1. The van der Waals surface area contributed by atoms with Crippen LogP contribution in [0.5, 0.6) is 0 Å². The number of rotatable bonds is 43. The van der Waals surface area contributed by atoms with Crippen molar-refractivity contribution in [3.63, 3.8) is 0 Å². The van der Waals surface area contributed by atoms with Crippen molar-refractivity contribution in [2.24, 2.45) is 0 Å². The van der Waals surface area contributed by atoms with Gasteiger partial charge in [-0.25, -0.2) is 0 Å². The molecular weight excluding hydrogens is 743 g/mol. The molecule has 13 nitrogen and oxygen atoms in total. The predicted molar refractivity (Wildman–Crippen MR) is 191 cm³/mol. The largest absolute Gasteiger partial charge is 0.463 e. The molecule has 0 aliphatic heterocycles. The molecule has 0 bridgehead atoms. The topological polar surface area (TPSA) is 128 Å². The molecule has 0 unspecified atom stereocenters. The van der Waals surface area contributed by atoms with Crippen LogP contribution >= 0.6 is 22.6 Å². The van der Waals surface area contributed by atoms with E-state index in [1.54, 1.807) is 0 Å². The SMILES string of the molecule is CCCCCCCCCC(=O)OCCOCCOCCOCCOCCOCCOCCOCCOCCOCCOCCOCCI. The van der Waals surface area contributed by atoms with E-state index in [-0.39, 0.29) is 12.6 Å². The summed E-state index contributed by atoms with van der Waals surface area (Å²) in [6, 6.07) is 0. The van der Waals surface area contributed by atoms with Crippen LogP contribution in [0.15, 0.2) is 0 Å². The summed E-state index contributed by atoms with van der Waals surface area (Å²) in [6.07, 6.45) is 8.80. The van der Waals surface area contributed by atoms with E-state index < -0.39 is 0 Å². The van der Waals surface area contributed by atoms with Crippen molar-refractivity contribution in [2.45, 2.75) is 58.3 Å². The maximum atomic E-state index is 11.7. The summed E-state index contributed by atoms with van der Waals surface area (Å²) < 4.78 is 66.1. The number of carbonyl (C=O) groups is 1. The third-order valence-corrected chi connectivity index (χ3v) is 6.86. The Labute approximate surface area is 304 Å². The highest BCUT2D eigenvalue weighted by atomic mass is 127. The van der Waals surface area contributed by atoms with Gasteiger partial charge in [-0.15, -0.1) is 0 Å². The van der Waals surface area contributed by atoms with Gasteiger partial charge in [0.1, 0.15) is 6.61 Å². The molecular formula is C34H67IO13. The van der Waals surface area contributed by atoms with E-state index >= 15 is 0 Å². The lowest BCUT2D eigenvalue weighted by Gasteiger charge is -2.09. The molecule has 0 spiro atoms. The van der Waals surface area contributed by atoms with Gasteiger partial charge in [-0.2, -0.15) is 0 Å². The molecule has 0 amide bonds. The molecule has 0 fully saturated rings. The van der Waals surface area contributed by atoms with Gasteiger partial charge in [-0.1, -0.05) is 68.0 Å². The van der Waals surface area contributed by atoms with Gasteiger partial charge in [0.15, 0.2) is 0 Å². The minimum atomic E-state index is -0.140. The lowest BCUT2D eigenvalue weighted by Crippen LogP contribution is -2.15. The third-order valence-electron chi connectivity index (χ3n) is 6.42. The average molecular weight is 811 g/mol. The first-order valence-electron chi connectivity index (χ1n) is 17.9. The number of halogens is 1. The van der Waals surface area contributed by atoms with Crippen LogP contribution in [0.4, 0.5) is 0 Å². The Bertz CT molecular complexity index is 607. The Kier molecular flexibility index (Phi) is 44.6. The van der Waals surface area contributed by atoms with Crippen molar-refractivity contribution in [3.8, 4) is 0 Å². The van der Waals surface area contributed by atoms with Crippen molar-refractivity contribution in [1.82, 2.24) is 0 Å². The van der Waals surface area contributed by atoms with Gasteiger partial charge in [-0.3, -0.25) is 4.79 Å². The molecule has 14 heteroatoms. The number of ether oxygens (including phenoxy) is 12. The average Bonchev–Trinajstić information content (AvgIpc) is 3.09. The molecule has 0 atom stereocenters. The van der Waals surface area contributed by atoms with E-state index in [9.17, 15) is 4.79 Å². The van der Waals surface area contributed by atoms with Gasteiger partial charge in [0, 0.05) is 10.8 Å². The summed E-state index contributed by atoms with van der Waals surface area (Å²) in [5, 5.41) is 0. The molecule has 0 aromatic carbocycles. The number of hydrogen-bond acceptors (Lipinski definition) is 13. The summed E-state index contributed by atoms with van der Waals surface area (Å²) in [4.78, 5) is 11.7. The van der Waals surface area contributed by atoms with Crippen molar-refractivity contribution in [1.29, 1.82) is 0 Å². The van der Waals surface area contributed by atoms with Crippen LogP contribution in [-0.2, 0) is 61.6 Å². The van der Waals surface area contributed by atoms with Gasteiger partial charge >= 0.3 is 5.97 Å². The lowest BCUT2D eigenvalue weighted by molar-refractivity contribution is -0.145. The van der Waals surface area contributed by atoms with Crippen LogP contribution in [0, 0.1) is 0 Å². The number of alkyl halides is 1. The van der Waals surface area contributed by atoms with Crippen molar-refractivity contribution >= 4 is 28.6 Å². The normalized spacial score (nSPS) is 11.5. The lowest BCUT2D eigenvalue weighted by atomic mass is 10.1. The Morgan fingerprint density at radius 2 is 0.604 bits per heavy atom. The summed E-state index contributed by atoms with van der Waals surface area (Å²) in [5.41, 5.74) is 0. The maximum Gasteiger partial charge on any atom is 0.305 e. The fourth-order valence-electron chi connectivity index (χ4n) is 3.87. The van der Waals surface area contributed by atoms with Crippen LogP contribution in [0.1, 0.15) is 58.3 Å². The summed E-state index contributed by atoms with van der Waals surface area (Å²) in [5.74, 6) is -0.140. The molecule has 0 aliphatic carbocycles. The zero-order valence-corrected chi connectivity index (χ0v) is 32.0. The smallest absolute Gasteiger partial charge is 0.305 e. The van der Waals surface area contributed by atoms with Crippen molar-refractivity contribution in [3.05, 3.63) is 0 Å². The Morgan fingerprint density at radius 3 is 0.896 bits per heavy atom. The molecule has 0 aromatic rings. The zero-order chi connectivity index (χ0) is 34.7. The molecule has 0 radical (unpaired) electrons. The highest BCUT2D eigenvalue weighted by Crippen LogP contribution is 2.08.